The summed E-state index contributed by atoms with van der Waals surface area (Å²) in [6, 6.07) is 0.293. The van der Waals surface area contributed by atoms with Crippen LogP contribution in [0.25, 0.3) is 0 Å². The molecule has 1 saturated heterocycles. The molecule has 1 N–H and O–H groups in total. The van der Waals surface area contributed by atoms with Crippen molar-refractivity contribution in [2.24, 2.45) is 0 Å². The molecule has 0 aliphatic carbocycles. The zero-order valence-corrected chi connectivity index (χ0v) is 9.83. The zero-order valence-electron chi connectivity index (χ0n) is 9.83. The number of likely N-dealkylation sites (N-methyl/N-ethyl adjacent to an activating group) is 1. The zero-order chi connectivity index (χ0) is 10.9. The van der Waals surface area contributed by atoms with Gasteiger partial charge in [0.1, 0.15) is 0 Å². The minimum atomic E-state index is 0.293. The molecule has 2 unspecified atom stereocenters. The van der Waals surface area contributed by atoms with E-state index in [-0.39, 0.29) is 0 Å². The van der Waals surface area contributed by atoms with Crippen LogP contribution in [0.5, 0.6) is 0 Å². The summed E-state index contributed by atoms with van der Waals surface area (Å²) in [7, 11) is 1.71. The Morgan fingerprint density at radius 2 is 2.33 bits per heavy atom. The van der Waals surface area contributed by atoms with E-state index in [0.29, 0.717) is 32.0 Å². The van der Waals surface area contributed by atoms with Crippen LogP contribution in [-0.4, -0.2) is 52.2 Å². The third-order valence-electron chi connectivity index (χ3n) is 2.51. The maximum absolute atomic E-state index is 5.62. The molecule has 4 heteroatoms. The molecule has 0 aromatic rings. The fourth-order valence-corrected chi connectivity index (χ4v) is 1.77. The van der Waals surface area contributed by atoms with Gasteiger partial charge < -0.3 is 19.5 Å². The van der Waals surface area contributed by atoms with Crippen molar-refractivity contribution in [3.05, 3.63) is 0 Å². The topological polar surface area (TPSA) is 39.7 Å². The Balaban J connectivity index is 2.04. The van der Waals surface area contributed by atoms with Gasteiger partial charge in [0.05, 0.1) is 32.0 Å². The first-order chi connectivity index (χ1) is 7.36. The highest BCUT2D eigenvalue weighted by molar-refractivity contribution is 4.67. The first kappa shape index (κ1) is 12.9. The summed E-state index contributed by atoms with van der Waals surface area (Å²) in [6.07, 6.45) is 2.62. The number of nitrogens with one attached hydrogen (secondary N) is 1. The van der Waals surface area contributed by atoms with Crippen LogP contribution in [0, 0.1) is 0 Å². The van der Waals surface area contributed by atoms with E-state index in [1.165, 1.54) is 6.42 Å². The van der Waals surface area contributed by atoms with Crippen LogP contribution in [0.3, 0.4) is 0 Å². The number of hydrogen-bond donors (Lipinski definition) is 1. The molecule has 4 nitrogen and oxygen atoms in total. The van der Waals surface area contributed by atoms with Crippen LogP contribution in [0.4, 0.5) is 0 Å². The van der Waals surface area contributed by atoms with Crippen LogP contribution < -0.4 is 5.32 Å². The third-order valence-corrected chi connectivity index (χ3v) is 2.51. The van der Waals surface area contributed by atoms with Crippen molar-refractivity contribution in [2.75, 3.05) is 40.1 Å². The minimum Gasteiger partial charge on any atom is -0.383 e. The predicted molar refractivity (Wildman–Crippen MR) is 59.1 cm³/mol. The van der Waals surface area contributed by atoms with Crippen LogP contribution in [0.2, 0.25) is 0 Å². The molecular weight excluding hydrogens is 194 g/mol. The normalized spacial score (nSPS) is 23.2. The molecular formula is C11H23NO3. The molecule has 0 bridgehead atoms. The second-order valence-corrected chi connectivity index (χ2v) is 3.88. The average Bonchev–Trinajstić information content (AvgIpc) is 2.71. The maximum Gasteiger partial charge on any atom is 0.0809 e. The molecule has 2 atom stereocenters. The number of methoxy groups -OCH3 is 1. The van der Waals surface area contributed by atoms with E-state index in [1.807, 2.05) is 0 Å². The first-order valence-electron chi connectivity index (χ1n) is 5.78. The van der Waals surface area contributed by atoms with Gasteiger partial charge >= 0.3 is 0 Å². The van der Waals surface area contributed by atoms with E-state index in [2.05, 4.69) is 12.2 Å². The molecule has 1 fully saturated rings. The van der Waals surface area contributed by atoms with Crippen molar-refractivity contribution in [1.29, 1.82) is 0 Å². The Morgan fingerprint density at radius 3 is 2.93 bits per heavy atom. The average molecular weight is 217 g/mol. The van der Waals surface area contributed by atoms with Crippen molar-refractivity contribution in [3.8, 4) is 0 Å². The molecule has 0 spiro atoms. The minimum absolute atomic E-state index is 0.293. The van der Waals surface area contributed by atoms with Crippen LogP contribution in [-0.2, 0) is 14.2 Å². The van der Waals surface area contributed by atoms with Crippen molar-refractivity contribution in [2.45, 2.75) is 31.9 Å². The van der Waals surface area contributed by atoms with E-state index in [4.69, 9.17) is 14.2 Å². The fourth-order valence-electron chi connectivity index (χ4n) is 1.77. The molecule has 15 heavy (non-hydrogen) atoms. The summed E-state index contributed by atoms with van der Waals surface area (Å²) in [4.78, 5) is 0. The first-order valence-corrected chi connectivity index (χ1v) is 5.78. The van der Waals surface area contributed by atoms with Crippen molar-refractivity contribution >= 4 is 0 Å². The standard InChI is InChI=1S/C11H23NO3/c1-3-12-10(7-13-2)8-14-9-11-5-4-6-15-11/h10-12H,3-9H2,1-2H3. The maximum atomic E-state index is 5.62. The quantitative estimate of drug-likeness (QED) is 0.653. The summed E-state index contributed by atoms with van der Waals surface area (Å²) in [5, 5.41) is 3.32. The van der Waals surface area contributed by atoms with Crippen molar-refractivity contribution < 1.29 is 14.2 Å². The summed E-state index contributed by atoms with van der Waals surface area (Å²) in [5.41, 5.74) is 0. The second-order valence-electron chi connectivity index (χ2n) is 3.88. The monoisotopic (exact) mass is 217 g/mol. The van der Waals surface area contributed by atoms with E-state index in [0.717, 1.165) is 19.6 Å². The Bertz CT molecular complexity index is 143. The molecule has 1 rings (SSSR count). The lowest BCUT2D eigenvalue weighted by molar-refractivity contribution is 0.00240. The van der Waals surface area contributed by atoms with Crippen molar-refractivity contribution in [3.63, 3.8) is 0 Å². The van der Waals surface area contributed by atoms with E-state index in [9.17, 15) is 0 Å². The predicted octanol–water partition coefficient (Wildman–Crippen LogP) is 0.806. The number of ether oxygens (including phenoxy) is 3. The SMILES string of the molecule is CCNC(COC)COCC1CCCO1. The fraction of sp³-hybridized carbons (Fsp3) is 1.00. The molecule has 0 radical (unpaired) electrons. The van der Waals surface area contributed by atoms with Gasteiger partial charge in [-0.15, -0.1) is 0 Å². The summed E-state index contributed by atoms with van der Waals surface area (Å²) in [5.74, 6) is 0. The second kappa shape index (κ2) is 8.05. The Hall–Kier alpha value is -0.160. The van der Waals surface area contributed by atoms with Gasteiger partial charge in [-0.25, -0.2) is 0 Å². The summed E-state index contributed by atoms with van der Waals surface area (Å²) < 4.78 is 16.2. The molecule has 1 aliphatic heterocycles. The Morgan fingerprint density at radius 1 is 1.47 bits per heavy atom. The molecule has 0 aromatic heterocycles. The lowest BCUT2D eigenvalue weighted by Gasteiger charge is -2.18. The molecule has 0 amide bonds. The van der Waals surface area contributed by atoms with Gasteiger partial charge in [0, 0.05) is 13.7 Å². The molecule has 1 heterocycles. The molecule has 0 aromatic carbocycles. The van der Waals surface area contributed by atoms with Gasteiger partial charge in [0.2, 0.25) is 0 Å². The van der Waals surface area contributed by atoms with Gasteiger partial charge in [-0.3, -0.25) is 0 Å². The van der Waals surface area contributed by atoms with Crippen LogP contribution >= 0.6 is 0 Å². The largest absolute Gasteiger partial charge is 0.383 e. The van der Waals surface area contributed by atoms with Gasteiger partial charge in [0.15, 0.2) is 0 Å². The van der Waals surface area contributed by atoms with Gasteiger partial charge in [-0.1, -0.05) is 6.92 Å². The highest BCUT2D eigenvalue weighted by Gasteiger charge is 2.16. The number of hydrogen-bond acceptors (Lipinski definition) is 4. The van der Waals surface area contributed by atoms with Crippen molar-refractivity contribution in [1.82, 2.24) is 5.32 Å². The highest BCUT2D eigenvalue weighted by atomic mass is 16.5. The van der Waals surface area contributed by atoms with Crippen LogP contribution in [0.15, 0.2) is 0 Å². The smallest absolute Gasteiger partial charge is 0.0809 e. The molecule has 0 saturated carbocycles. The lowest BCUT2D eigenvalue weighted by atomic mass is 10.2. The van der Waals surface area contributed by atoms with Gasteiger partial charge in [-0.05, 0) is 19.4 Å². The van der Waals surface area contributed by atoms with Gasteiger partial charge in [0.25, 0.3) is 0 Å². The lowest BCUT2D eigenvalue weighted by Crippen LogP contribution is -2.37. The summed E-state index contributed by atoms with van der Waals surface area (Å²) >= 11 is 0. The molecule has 1 aliphatic rings. The Labute approximate surface area is 92.3 Å². The Kier molecular flexibility index (Phi) is 6.92. The highest BCUT2D eigenvalue weighted by Crippen LogP contribution is 2.11. The molecule has 90 valence electrons. The van der Waals surface area contributed by atoms with Gasteiger partial charge in [-0.2, -0.15) is 0 Å². The summed E-state index contributed by atoms with van der Waals surface area (Å²) in [6.45, 7) is 6.02. The van der Waals surface area contributed by atoms with E-state index < -0.39 is 0 Å². The van der Waals surface area contributed by atoms with E-state index >= 15 is 0 Å². The number of rotatable bonds is 8. The third kappa shape index (κ3) is 5.47. The van der Waals surface area contributed by atoms with Crippen LogP contribution in [0.1, 0.15) is 19.8 Å². The van der Waals surface area contributed by atoms with E-state index in [1.54, 1.807) is 7.11 Å².